The van der Waals surface area contributed by atoms with Crippen LogP contribution in [0.3, 0.4) is 0 Å². The Kier molecular flexibility index (Phi) is 3.68. The third kappa shape index (κ3) is 2.32. The Labute approximate surface area is 133 Å². The Morgan fingerprint density at radius 1 is 1.38 bits per heavy atom. The van der Waals surface area contributed by atoms with Gasteiger partial charge in [-0.2, -0.15) is 0 Å². The van der Waals surface area contributed by atoms with Crippen LogP contribution >= 0.6 is 22.6 Å². The van der Waals surface area contributed by atoms with Gasteiger partial charge in [-0.25, -0.2) is 9.59 Å². The summed E-state index contributed by atoms with van der Waals surface area (Å²) in [6, 6.07) is 0. The molecule has 3 atom stereocenters. The van der Waals surface area contributed by atoms with Gasteiger partial charge in [0.15, 0.2) is 12.0 Å². The second kappa shape index (κ2) is 5.35. The number of amides is 1. The molecule has 3 rings (SSSR count). The van der Waals surface area contributed by atoms with Crippen molar-refractivity contribution in [2.24, 2.45) is 0 Å². The summed E-state index contributed by atoms with van der Waals surface area (Å²) in [6.45, 7) is 0. The molecule has 0 aliphatic carbocycles. The lowest BCUT2D eigenvalue weighted by atomic mass is 10.1. The fourth-order valence-electron chi connectivity index (χ4n) is 2.44. The lowest BCUT2D eigenvalue weighted by Crippen LogP contribution is -2.53. The van der Waals surface area contributed by atoms with E-state index in [4.69, 9.17) is 14.2 Å². The number of ether oxygens (including phenoxy) is 4. The molecule has 0 spiro atoms. The molecule has 0 aromatic heterocycles. The minimum Gasteiger partial charge on any atom is -0.467 e. The van der Waals surface area contributed by atoms with Gasteiger partial charge in [-0.15, -0.1) is 0 Å². The van der Waals surface area contributed by atoms with E-state index >= 15 is 0 Å². The van der Waals surface area contributed by atoms with Gasteiger partial charge in [0.1, 0.15) is 6.10 Å². The molecule has 0 N–H and O–H groups in total. The summed E-state index contributed by atoms with van der Waals surface area (Å²) in [5, 5.41) is 0. The molecule has 9 heteroatoms. The fourth-order valence-corrected chi connectivity index (χ4v) is 2.94. The first-order chi connectivity index (χ1) is 10.0. The highest BCUT2D eigenvalue weighted by Crippen LogP contribution is 2.40. The number of hydrogen-bond acceptors (Lipinski definition) is 7. The van der Waals surface area contributed by atoms with Crippen molar-refractivity contribution >= 4 is 40.6 Å². The van der Waals surface area contributed by atoms with Crippen LogP contribution in [0.1, 0.15) is 12.8 Å². The van der Waals surface area contributed by atoms with Crippen LogP contribution < -0.4 is 0 Å². The van der Waals surface area contributed by atoms with Crippen molar-refractivity contribution in [3.63, 3.8) is 0 Å². The van der Waals surface area contributed by atoms with Crippen molar-refractivity contribution in [1.82, 2.24) is 4.90 Å². The van der Waals surface area contributed by atoms with E-state index in [1.54, 1.807) is 0 Å². The highest BCUT2D eigenvalue weighted by molar-refractivity contribution is 14.1. The number of fused-ring (bicyclic) bond motifs is 1. The average Bonchev–Trinajstić information content (AvgIpc) is 2.95. The number of alkyl halides is 1. The van der Waals surface area contributed by atoms with Crippen LogP contribution in [-0.4, -0.2) is 53.0 Å². The lowest BCUT2D eigenvalue weighted by Gasteiger charge is -2.33. The Hall–Kier alpha value is -1.52. The molecule has 3 fully saturated rings. The molecule has 3 aliphatic heterocycles. The maximum Gasteiger partial charge on any atom is 0.510 e. The van der Waals surface area contributed by atoms with Crippen molar-refractivity contribution in [2.75, 3.05) is 11.5 Å². The highest BCUT2D eigenvalue weighted by Gasteiger charge is 2.55. The van der Waals surface area contributed by atoms with Crippen molar-refractivity contribution in [3.8, 4) is 0 Å². The molecular weight excluding hydrogens is 397 g/mol. The summed E-state index contributed by atoms with van der Waals surface area (Å²) in [7, 11) is 1.16. The standard InChI is InChI=1S/C12H12INO7/c1-18-12(17)21-10-9(20-8-3-7(15)14(8)10)6-2-5(4-13)19-11(6)16/h5,8,10H,2-4H2,1H3/t5?,8-,10?/m1/s1. The molecule has 0 bridgehead atoms. The molecular formula is C12H12INO7. The quantitative estimate of drug-likeness (QED) is 0.218. The molecule has 3 saturated heterocycles. The zero-order valence-corrected chi connectivity index (χ0v) is 13.2. The Morgan fingerprint density at radius 3 is 2.71 bits per heavy atom. The van der Waals surface area contributed by atoms with Crippen LogP contribution in [0.25, 0.3) is 0 Å². The Balaban J connectivity index is 1.91. The molecule has 21 heavy (non-hydrogen) atoms. The number of nitrogens with zero attached hydrogens (tertiary/aromatic N) is 1. The largest absolute Gasteiger partial charge is 0.510 e. The van der Waals surface area contributed by atoms with E-state index in [9.17, 15) is 14.4 Å². The van der Waals surface area contributed by atoms with Gasteiger partial charge in [0.25, 0.3) is 0 Å². The highest BCUT2D eigenvalue weighted by atomic mass is 127. The van der Waals surface area contributed by atoms with Crippen molar-refractivity contribution in [2.45, 2.75) is 31.4 Å². The molecule has 0 aromatic rings. The second-order valence-electron chi connectivity index (χ2n) is 4.73. The van der Waals surface area contributed by atoms with Crippen LogP contribution in [-0.2, 0) is 28.5 Å². The predicted octanol–water partition coefficient (Wildman–Crippen LogP) is 0.689. The minimum absolute atomic E-state index is 0.175. The van der Waals surface area contributed by atoms with Crippen LogP contribution in [0.2, 0.25) is 0 Å². The first-order valence-corrected chi connectivity index (χ1v) is 7.80. The minimum atomic E-state index is -1.06. The second-order valence-corrected chi connectivity index (χ2v) is 5.61. The predicted molar refractivity (Wildman–Crippen MR) is 74.0 cm³/mol. The lowest BCUT2D eigenvalue weighted by molar-refractivity contribution is -0.164. The number of hydrogen-bond donors (Lipinski definition) is 0. The van der Waals surface area contributed by atoms with E-state index in [2.05, 4.69) is 27.3 Å². The molecule has 8 nitrogen and oxygen atoms in total. The zero-order chi connectivity index (χ0) is 15.1. The van der Waals surface area contributed by atoms with Gasteiger partial charge < -0.3 is 18.9 Å². The van der Waals surface area contributed by atoms with Crippen LogP contribution in [0, 0.1) is 0 Å². The van der Waals surface area contributed by atoms with Gasteiger partial charge in [-0.05, 0) is 0 Å². The topological polar surface area (TPSA) is 91.4 Å². The monoisotopic (exact) mass is 409 g/mol. The maximum absolute atomic E-state index is 11.9. The van der Waals surface area contributed by atoms with E-state index in [0.717, 1.165) is 7.11 Å². The van der Waals surface area contributed by atoms with Crippen LogP contribution in [0.4, 0.5) is 4.79 Å². The summed E-state index contributed by atoms with van der Waals surface area (Å²) in [5.41, 5.74) is 0.313. The van der Waals surface area contributed by atoms with E-state index in [1.165, 1.54) is 4.90 Å². The number of methoxy groups -OCH3 is 1. The van der Waals surface area contributed by atoms with Gasteiger partial charge in [-0.3, -0.25) is 9.69 Å². The van der Waals surface area contributed by atoms with Crippen molar-refractivity contribution in [1.29, 1.82) is 0 Å². The average molecular weight is 409 g/mol. The van der Waals surface area contributed by atoms with E-state index < -0.39 is 24.6 Å². The van der Waals surface area contributed by atoms with Crippen molar-refractivity contribution < 1.29 is 33.3 Å². The van der Waals surface area contributed by atoms with Gasteiger partial charge >= 0.3 is 12.1 Å². The number of halogens is 1. The summed E-state index contributed by atoms with van der Waals surface area (Å²) >= 11 is 2.12. The molecule has 114 valence electrons. The molecule has 0 radical (unpaired) electrons. The van der Waals surface area contributed by atoms with Crippen molar-refractivity contribution in [3.05, 3.63) is 11.3 Å². The molecule has 0 saturated carbocycles. The summed E-state index contributed by atoms with van der Waals surface area (Å²) in [5.74, 6) is -0.532. The molecule has 0 aromatic carbocycles. The number of cyclic esters (lactones) is 1. The third-order valence-corrected chi connectivity index (χ3v) is 4.47. The van der Waals surface area contributed by atoms with Crippen LogP contribution in [0.15, 0.2) is 11.3 Å². The Morgan fingerprint density at radius 2 is 2.14 bits per heavy atom. The summed E-state index contributed by atoms with van der Waals surface area (Å²) in [6.07, 6.45) is -2.17. The molecule has 2 unspecified atom stereocenters. The normalized spacial score (nSPS) is 34.0. The van der Waals surface area contributed by atoms with Gasteiger partial charge in [0, 0.05) is 10.8 Å². The first kappa shape index (κ1) is 14.4. The molecule has 3 heterocycles. The van der Waals surface area contributed by atoms with E-state index in [0.29, 0.717) is 16.4 Å². The number of esters is 1. The number of carbonyl (C=O) groups is 3. The SMILES string of the molecule is COC(=O)OC1C(=C2CC(CI)OC2=O)O[C@@H]2CC(=O)N12. The van der Waals surface area contributed by atoms with Crippen LogP contribution in [0.5, 0.6) is 0 Å². The summed E-state index contributed by atoms with van der Waals surface area (Å²) in [4.78, 5) is 36.2. The third-order valence-electron chi connectivity index (χ3n) is 3.48. The molecule has 3 aliphatic rings. The smallest absolute Gasteiger partial charge is 0.467 e. The van der Waals surface area contributed by atoms with Gasteiger partial charge in [0.05, 0.1) is 19.1 Å². The fraction of sp³-hybridized carbons (Fsp3) is 0.583. The van der Waals surface area contributed by atoms with E-state index in [-0.39, 0.29) is 24.2 Å². The Bertz CT molecular complexity index is 546. The molecule has 1 amide bonds. The number of rotatable bonds is 2. The number of carbonyl (C=O) groups excluding carboxylic acids is 3. The van der Waals surface area contributed by atoms with Gasteiger partial charge in [-0.1, -0.05) is 22.6 Å². The van der Waals surface area contributed by atoms with E-state index in [1.807, 2.05) is 0 Å². The first-order valence-electron chi connectivity index (χ1n) is 6.27. The number of β-lactam (4-membered cyclic amide) rings is 1. The zero-order valence-electron chi connectivity index (χ0n) is 11.0. The maximum atomic E-state index is 11.9. The van der Waals surface area contributed by atoms with Gasteiger partial charge in [0.2, 0.25) is 12.1 Å². The summed E-state index contributed by atoms with van der Waals surface area (Å²) < 4.78 is 20.9.